The molecule has 5 rings (SSSR count). The second-order valence-corrected chi connectivity index (χ2v) is 9.78. The minimum atomic E-state index is -4.40. The van der Waals surface area contributed by atoms with Crippen LogP contribution in [0.3, 0.4) is 0 Å². The Balaban J connectivity index is 1.41. The zero-order valence-corrected chi connectivity index (χ0v) is 19.2. The van der Waals surface area contributed by atoms with Gasteiger partial charge in [0, 0.05) is 50.3 Å². The fourth-order valence-corrected chi connectivity index (χ4v) is 5.92. The number of rotatable bonds is 4. The van der Waals surface area contributed by atoms with Gasteiger partial charge in [0.25, 0.3) is 0 Å². The van der Waals surface area contributed by atoms with Crippen molar-refractivity contribution in [3.8, 4) is 0 Å². The van der Waals surface area contributed by atoms with Crippen LogP contribution in [0.15, 0.2) is 42.7 Å². The molecular formula is C26H31F3N4O. The molecule has 5 nitrogen and oxygen atoms in total. The fraction of sp³-hybridized carbons (Fsp3) is 0.538. The van der Waals surface area contributed by atoms with Gasteiger partial charge in [0.05, 0.1) is 17.5 Å². The molecule has 1 saturated carbocycles. The molecule has 0 radical (unpaired) electrons. The predicted molar refractivity (Wildman–Crippen MR) is 124 cm³/mol. The molecule has 34 heavy (non-hydrogen) atoms. The molecule has 2 fully saturated rings. The number of nitrogens with one attached hydrogen (secondary N) is 1. The van der Waals surface area contributed by atoms with Crippen molar-refractivity contribution < 1.29 is 18.0 Å². The summed E-state index contributed by atoms with van der Waals surface area (Å²) in [6.45, 7) is 2.74. The SMILES string of the molecule is O=C(NCc1cccnc1)[C@@H]1Cc2cc(C(F)(F)F)ccc2N2CCN(C3CCCCC3)C[C@@H]12. The van der Waals surface area contributed by atoms with E-state index < -0.39 is 17.7 Å². The number of nitrogens with zero attached hydrogens (tertiary/aromatic N) is 3. The zero-order chi connectivity index (χ0) is 23.7. The van der Waals surface area contributed by atoms with E-state index in [4.69, 9.17) is 0 Å². The Kier molecular flexibility index (Phi) is 6.51. The first kappa shape index (κ1) is 23.1. The number of pyridine rings is 1. The Labute approximate surface area is 198 Å². The Hall–Kier alpha value is -2.61. The molecule has 3 aliphatic rings. The van der Waals surface area contributed by atoms with Crippen molar-refractivity contribution in [3.63, 3.8) is 0 Å². The maximum absolute atomic E-state index is 13.4. The van der Waals surface area contributed by atoms with Crippen molar-refractivity contribution >= 4 is 11.6 Å². The van der Waals surface area contributed by atoms with Crippen molar-refractivity contribution in [1.82, 2.24) is 15.2 Å². The molecule has 0 unspecified atom stereocenters. The van der Waals surface area contributed by atoms with Crippen LogP contribution < -0.4 is 10.2 Å². The molecular weight excluding hydrogens is 441 g/mol. The van der Waals surface area contributed by atoms with E-state index in [1.807, 2.05) is 12.1 Å². The maximum Gasteiger partial charge on any atom is 0.416 e. The van der Waals surface area contributed by atoms with Crippen molar-refractivity contribution in [1.29, 1.82) is 0 Å². The highest BCUT2D eigenvalue weighted by Gasteiger charge is 2.43. The number of amides is 1. The molecule has 2 aromatic rings. The molecule has 1 amide bonds. The summed E-state index contributed by atoms with van der Waals surface area (Å²) in [6.07, 6.45) is 5.47. The molecule has 182 valence electrons. The average molecular weight is 473 g/mol. The standard InChI is InChI=1S/C26H31F3N4O/c27-26(28,29)20-8-9-23-19(13-20)14-22(25(34)31-16-18-5-4-10-30-15-18)24-17-32(11-12-33(23)24)21-6-2-1-3-7-21/h4-5,8-10,13,15,21-22,24H,1-3,6-7,11-12,14,16-17H2,(H,31,34)/t22-,24+/m1/s1. The summed E-state index contributed by atoms with van der Waals surface area (Å²) < 4.78 is 40.2. The van der Waals surface area contributed by atoms with Crippen molar-refractivity contribution in [2.45, 2.75) is 63.3 Å². The van der Waals surface area contributed by atoms with Crippen molar-refractivity contribution in [2.75, 3.05) is 24.5 Å². The minimum absolute atomic E-state index is 0.0474. The number of piperazine rings is 1. The predicted octanol–water partition coefficient (Wildman–Crippen LogP) is 4.41. The second kappa shape index (κ2) is 9.56. The fourth-order valence-electron chi connectivity index (χ4n) is 5.92. The summed E-state index contributed by atoms with van der Waals surface area (Å²) in [5, 5.41) is 3.03. The third-order valence-electron chi connectivity index (χ3n) is 7.69. The second-order valence-electron chi connectivity index (χ2n) is 9.78. The first-order valence-corrected chi connectivity index (χ1v) is 12.3. The first-order chi connectivity index (χ1) is 16.4. The third kappa shape index (κ3) is 4.78. The van der Waals surface area contributed by atoms with Gasteiger partial charge >= 0.3 is 6.18 Å². The number of aromatic nitrogens is 1. The number of alkyl halides is 3. The lowest BCUT2D eigenvalue weighted by Crippen LogP contribution is -2.62. The van der Waals surface area contributed by atoms with E-state index in [1.54, 1.807) is 18.5 Å². The summed E-state index contributed by atoms with van der Waals surface area (Å²) in [4.78, 5) is 22.2. The number of benzene rings is 1. The number of anilines is 1. The van der Waals surface area contributed by atoms with Crippen molar-refractivity contribution in [3.05, 3.63) is 59.4 Å². The lowest BCUT2D eigenvalue weighted by atomic mass is 9.82. The Morgan fingerprint density at radius 3 is 2.68 bits per heavy atom. The summed E-state index contributed by atoms with van der Waals surface area (Å²) in [5.41, 5.74) is 1.70. The van der Waals surface area contributed by atoms with Gasteiger partial charge in [0.2, 0.25) is 5.91 Å². The molecule has 0 bridgehead atoms. The number of fused-ring (bicyclic) bond motifs is 3. The molecule has 1 saturated heterocycles. The van der Waals surface area contributed by atoms with Gasteiger partial charge in [-0.05, 0) is 54.7 Å². The van der Waals surface area contributed by atoms with Gasteiger partial charge in [-0.3, -0.25) is 14.7 Å². The Morgan fingerprint density at radius 1 is 1.12 bits per heavy atom. The number of hydrogen-bond donors (Lipinski definition) is 1. The van der Waals surface area contributed by atoms with Crippen LogP contribution in [0, 0.1) is 5.92 Å². The highest BCUT2D eigenvalue weighted by Crippen LogP contribution is 2.40. The van der Waals surface area contributed by atoms with E-state index in [0.29, 0.717) is 24.6 Å². The quantitative estimate of drug-likeness (QED) is 0.716. The normalized spacial score (nSPS) is 23.8. The minimum Gasteiger partial charge on any atom is -0.365 e. The molecule has 3 heterocycles. The summed E-state index contributed by atoms with van der Waals surface area (Å²) in [6, 6.07) is 8.23. The molecule has 2 atom stereocenters. The summed E-state index contributed by atoms with van der Waals surface area (Å²) in [5.74, 6) is -0.508. The van der Waals surface area contributed by atoms with E-state index in [1.165, 1.54) is 44.2 Å². The molecule has 1 aliphatic carbocycles. The van der Waals surface area contributed by atoms with E-state index in [0.717, 1.165) is 30.9 Å². The van der Waals surface area contributed by atoms with Gasteiger partial charge in [-0.25, -0.2) is 0 Å². The van der Waals surface area contributed by atoms with Crippen LogP contribution in [0.25, 0.3) is 0 Å². The monoisotopic (exact) mass is 472 g/mol. The van der Waals surface area contributed by atoms with Gasteiger partial charge < -0.3 is 10.2 Å². The van der Waals surface area contributed by atoms with Crippen LogP contribution in [-0.2, 0) is 23.9 Å². The number of hydrogen-bond acceptors (Lipinski definition) is 4. The Bertz CT molecular complexity index is 1010. The van der Waals surface area contributed by atoms with Gasteiger partial charge in [0.15, 0.2) is 0 Å². The lowest BCUT2D eigenvalue weighted by molar-refractivity contribution is -0.137. The first-order valence-electron chi connectivity index (χ1n) is 12.3. The highest BCUT2D eigenvalue weighted by atomic mass is 19.4. The largest absolute Gasteiger partial charge is 0.416 e. The number of halogens is 3. The summed E-state index contributed by atoms with van der Waals surface area (Å²) in [7, 11) is 0. The number of carbonyl (C=O) groups is 1. The van der Waals surface area contributed by atoms with Crippen LogP contribution in [0.2, 0.25) is 0 Å². The highest BCUT2D eigenvalue weighted by molar-refractivity contribution is 5.82. The van der Waals surface area contributed by atoms with Crippen molar-refractivity contribution in [2.24, 2.45) is 5.92 Å². The topological polar surface area (TPSA) is 48.5 Å². The van der Waals surface area contributed by atoms with Gasteiger partial charge in [-0.2, -0.15) is 13.2 Å². The lowest BCUT2D eigenvalue weighted by Gasteiger charge is -2.51. The maximum atomic E-state index is 13.4. The van der Waals surface area contributed by atoms with Crippen LogP contribution in [0.4, 0.5) is 18.9 Å². The molecule has 1 aromatic carbocycles. The molecule has 8 heteroatoms. The van der Waals surface area contributed by atoms with E-state index in [9.17, 15) is 18.0 Å². The molecule has 1 N–H and O–H groups in total. The number of carbonyl (C=O) groups excluding carboxylic acids is 1. The molecule has 2 aliphatic heterocycles. The average Bonchev–Trinajstić information content (AvgIpc) is 2.86. The molecule has 1 aromatic heterocycles. The van der Waals surface area contributed by atoms with Gasteiger partial charge in [-0.15, -0.1) is 0 Å². The van der Waals surface area contributed by atoms with Crippen LogP contribution in [-0.4, -0.2) is 47.5 Å². The van der Waals surface area contributed by atoms with E-state index in [-0.39, 0.29) is 11.9 Å². The van der Waals surface area contributed by atoms with Crippen LogP contribution in [0.1, 0.15) is 48.8 Å². The van der Waals surface area contributed by atoms with E-state index >= 15 is 0 Å². The third-order valence-corrected chi connectivity index (χ3v) is 7.69. The van der Waals surface area contributed by atoms with Gasteiger partial charge in [0.1, 0.15) is 0 Å². The van der Waals surface area contributed by atoms with Crippen LogP contribution in [0.5, 0.6) is 0 Å². The van der Waals surface area contributed by atoms with E-state index in [2.05, 4.69) is 20.1 Å². The van der Waals surface area contributed by atoms with Gasteiger partial charge in [-0.1, -0.05) is 25.3 Å². The zero-order valence-electron chi connectivity index (χ0n) is 19.2. The smallest absolute Gasteiger partial charge is 0.365 e. The summed E-state index contributed by atoms with van der Waals surface area (Å²) >= 11 is 0. The van der Waals surface area contributed by atoms with Crippen LogP contribution >= 0.6 is 0 Å². The Morgan fingerprint density at radius 2 is 1.94 bits per heavy atom. The molecule has 0 spiro atoms.